The van der Waals surface area contributed by atoms with E-state index in [1.165, 1.54) is 5.01 Å². The van der Waals surface area contributed by atoms with Gasteiger partial charge in [-0.05, 0) is 49.1 Å². The molecule has 3 rings (SSSR count). The highest BCUT2D eigenvalue weighted by Gasteiger charge is 2.47. The molecule has 26 heavy (non-hydrogen) atoms. The highest BCUT2D eigenvalue weighted by atomic mass is 16.2. The van der Waals surface area contributed by atoms with Gasteiger partial charge >= 0.3 is 0 Å². The summed E-state index contributed by atoms with van der Waals surface area (Å²) in [6.45, 7) is 10.6. The Hall–Kier alpha value is -2.62. The van der Waals surface area contributed by atoms with E-state index in [1.807, 2.05) is 68.4 Å². The maximum absolute atomic E-state index is 13.2. The zero-order chi connectivity index (χ0) is 19.1. The van der Waals surface area contributed by atoms with Gasteiger partial charge in [-0.3, -0.25) is 14.6 Å². The minimum Gasteiger partial charge on any atom is -0.275 e. The molecule has 0 N–H and O–H groups in total. The molecular weight excluding hydrogens is 324 g/mol. The maximum atomic E-state index is 13.2. The molecule has 0 aliphatic carbocycles. The molecule has 2 aromatic carbocycles. The molecular formula is C22H26N2O2. The molecule has 136 valence electrons. The Morgan fingerprint density at radius 2 is 1.54 bits per heavy atom. The first-order valence-corrected chi connectivity index (χ1v) is 8.93. The standard InChI is InChI=1S/C22H26N2O2/c1-21(2,3)17-13-11-16(12-14-17)19(25)24-20(26)22(4,5)15-23(24)18-9-7-6-8-10-18/h6-14H,15H2,1-5H3. The van der Waals surface area contributed by atoms with E-state index >= 15 is 0 Å². The van der Waals surface area contributed by atoms with Crippen LogP contribution in [-0.4, -0.2) is 23.4 Å². The number of carbonyl (C=O) groups is 2. The second-order valence-corrected chi connectivity index (χ2v) is 8.53. The van der Waals surface area contributed by atoms with Crippen molar-refractivity contribution in [2.24, 2.45) is 5.41 Å². The summed E-state index contributed by atoms with van der Waals surface area (Å²) in [5, 5.41) is 3.07. The number of hydrazine groups is 1. The Bertz CT molecular complexity index is 817. The van der Waals surface area contributed by atoms with E-state index < -0.39 is 5.41 Å². The lowest BCUT2D eigenvalue weighted by Gasteiger charge is -2.28. The summed E-state index contributed by atoms with van der Waals surface area (Å²) in [4.78, 5) is 26.1. The first-order valence-electron chi connectivity index (χ1n) is 8.93. The van der Waals surface area contributed by atoms with Crippen LogP contribution in [0.5, 0.6) is 0 Å². The lowest BCUT2D eigenvalue weighted by molar-refractivity contribution is -0.132. The van der Waals surface area contributed by atoms with Gasteiger partial charge in [-0.2, -0.15) is 5.01 Å². The van der Waals surface area contributed by atoms with Gasteiger partial charge in [0.1, 0.15) is 0 Å². The smallest absolute Gasteiger partial charge is 0.275 e. The van der Waals surface area contributed by atoms with Gasteiger partial charge in [0.15, 0.2) is 0 Å². The molecule has 0 atom stereocenters. The number of rotatable bonds is 2. The zero-order valence-corrected chi connectivity index (χ0v) is 16.1. The van der Waals surface area contributed by atoms with Crippen LogP contribution in [0.25, 0.3) is 0 Å². The minimum atomic E-state index is -0.614. The highest BCUT2D eigenvalue weighted by molar-refractivity contribution is 6.09. The van der Waals surface area contributed by atoms with E-state index in [1.54, 1.807) is 5.01 Å². The number of carbonyl (C=O) groups excluding carboxylic acids is 2. The van der Waals surface area contributed by atoms with Gasteiger partial charge in [-0.1, -0.05) is 51.1 Å². The van der Waals surface area contributed by atoms with Gasteiger partial charge < -0.3 is 0 Å². The first-order chi connectivity index (χ1) is 12.1. The summed E-state index contributed by atoms with van der Waals surface area (Å²) in [6.07, 6.45) is 0. The number of imide groups is 1. The molecule has 1 aliphatic rings. The minimum absolute atomic E-state index is 0.0170. The van der Waals surface area contributed by atoms with Crippen LogP contribution in [0.1, 0.15) is 50.5 Å². The van der Waals surface area contributed by atoms with Crippen molar-refractivity contribution in [1.29, 1.82) is 0 Å². The Labute approximate surface area is 155 Å². The second kappa shape index (κ2) is 6.27. The third-order valence-electron chi connectivity index (χ3n) is 4.80. The van der Waals surface area contributed by atoms with Crippen molar-refractivity contribution in [3.8, 4) is 0 Å². The fourth-order valence-electron chi connectivity index (χ4n) is 3.15. The van der Waals surface area contributed by atoms with Crippen molar-refractivity contribution in [3.05, 3.63) is 65.7 Å². The van der Waals surface area contributed by atoms with E-state index in [-0.39, 0.29) is 17.2 Å². The molecule has 1 heterocycles. The second-order valence-electron chi connectivity index (χ2n) is 8.53. The molecule has 0 aromatic heterocycles. The fraction of sp³-hybridized carbons (Fsp3) is 0.364. The van der Waals surface area contributed by atoms with Crippen LogP contribution in [0.2, 0.25) is 0 Å². The van der Waals surface area contributed by atoms with Crippen LogP contribution in [0.15, 0.2) is 54.6 Å². The predicted molar refractivity (Wildman–Crippen MR) is 104 cm³/mol. The number of amides is 2. The van der Waals surface area contributed by atoms with Crippen molar-refractivity contribution in [1.82, 2.24) is 5.01 Å². The average Bonchev–Trinajstić information content (AvgIpc) is 2.84. The summed E-state index contributed by atoms with van der Waals surface area (Å²) in [6, 6.07) is 17.1. The number of hydrogen-bond acceptors (Lipinski definition) is 3. The summed E-state index contributed by atoms with van der Waals surface area (Å²) in [5.74, 6) is -0.462. The van der Waals surface area contributed by atoms with Gasteiger partial charge in [-0.25, -0.2) is 0 Å². The summed E-state index contributed by atoms with van der Waals surface area (Å²) in [5.41, 5.74) is 1.91. The van der Waals surface area contributed by atoms with Crippen LogP contribution in [0.3, 0.4) is 0 Å². The van der Waals surface area contributed by atoms with E-state index in [4.69, 9.17) is 0 Å². The molecule has 0 spiro atoms. The summed E-state index contributed by atoms with van der Waals surface area (Å²) >= 11 is 0. The monoisotopic (exact) mass is 350 g/mol. The quantitative estimate of drug-likeness (QED) is 0.753. The summed E-state index contributed by atoms with van der Waals surface area (Å²) < 4.78 is 0. The molecule has 4 heteroatoms. The lowest BCUT2D eigenvalue weighted by Crippen LogP contribution is -2.44. The molecule has 0 bridgehead atoms. The Morgan fingerprint density at radius 3 is 2.08 bits per heavy atom. The van der Waals surface area contributed by atoms with Crippen LogP contribution < -0.4 is 5.01 Å². The van der Waals surface area contributed by atoms with E-state index in [0.717, 1.165) is 11.3 Å². The van der Waals surface area contributed by atoms with Crippen molar-refractivity contribution < 1.29 is 9.59 Å². The van der Waals surface area contributed by atoms with Crippen LogP contribution in [0.4, 0.5) is 5.69 Å². The van der Waals surface area contributed by atoms with Gasteiger partial charge in [-0.15, -0.1) is 0 Å². The number of anilines is 1. The molecule has 1 aliphatic heterocycles. The largest absolute Gasteiger partial charge is 0.279 e. The van der Waals surface area contributed by atoms with E-state index in [0.29, 0.717) is 12.1 Å². The van der Waals surface area contributed by atoms with E-state index in [9.17, 15) is 9.59 Å². The SMILES string of the molecule is CC1(C)CN(c2ccccc2)N(C(=O)c2ccc(C(C)(C)C)cc2)C1=O. The summed E-state index contributed by atoms with van der Waals surface area (Å²) in [7, 11) is 0. The molecule has 0 saturated carbocycles. The third-order valence-corrected chi connectivity index (χ3v) is 4.80. The topological polar surface area (TPSA) is 40.6 Å². The lowest BCUT2D eigenvalue weighted by atomic mass is 9.86. The van der Waals surface area contributed by atoms with Crippen molar-refractivity contribution in [2.45, 2.75) is 40.0 Å². The molecule has 1 saturated heterocycles. The van der Waals surface area contributed by atoms with Crippen LogP contribution in [0, 0.1) is 5.41 Å². The van der Waals surface area contributed by atoms with E-state index in [2.05, 4.69) is 20.8 Å². The molecule has 2 aromatic rings. The van der Waals surface area contributed by atoms with Crippen molar-refractivity contribution in [2.75, 3.05) is 11.6 Å². The maximum Gasteiger partial charge on any atom is 0.279 e. The zero-order valence-electron chi connectivity index (χ0n) is 16.1. The molecule has 1 fully saturated rings. The normalized spacial score (nSPS) is 16.9. The van der Waals surface area contributed by atoms with Gasteiger partial charge in [0, 0.05) is 5.56 Å². The predicted octanol–water partition coefficient (Wildman–Crippen LogP) is 4.41. The highest BCUT2D eigenvalue weighted by Crippen LogP contribution is 2.34. The average molecular weight is 350 g/mol. The molecule has 4 nitrogen and oxygen atoms in total. The Morgan fingerprint density at radius 1 is 0.962 bits per heavy atom. The number of hydrogen-bond donors (Lipinski definition) is 0. The first kappa shape index (κ1) is 18.2. The van der Waals surface area contributed by atoms with Gasteiger partial charge in [0.25, 0.3) is 11.8 Å². The number of benzene rings is 2. The Balaban J connectivity index is 1.96. The Kier molecular flexibility index (Phi) is 4.39. The number of para-hydroxylation sites is 1. The van der Waals surface area contributed by atoms with Gasteiger partial charge in [0.2, 0.25) is 0 Å². The fourth-order valence-corrected chi connectivity index (χ4v) is 3.15. The molecule has 0 radical (unpaired) electrons. The van der Waals surface area contributed by atoms with Crippen molar-refractivity contribution in [3.63, 3.8) is 0 Å². The molecule has 0 unspecified atom stereocenters. The number of nitrogens with zero attached hydrogens (tertiary/aromatic N) is 2. The van der Waals surface area contributed by atoms with Crippen LogP contribution in [-0.2, 0) is 10.2 Å². The van der Waals surface area contributed by atoms with Crippen LogP contribution >= 0.6 is 0 Å². The third kappa shape index (κ3) is 3.24. The van der Waals surface area contributed by atoms with Crippen molar-refractivity contribution >= 4 is 17.5 Å². The molecule has 2 amide bonds. The van der Waals surface area contributed by atoms with Gasteiger partial charge in [0.05, 0.1) is 17.6 Å².